The first-order valence-electron chi connectivity index (χ1n) is 23.2. The smallest absolute Gasteiger partial charge is 0.309 e. The molecule has 2 heterocycles. The molecule has 59 heavy (non-hydrogen) atoms. The summed E-state index contributed by atoms with van der Waals surface area (Å²) < 4.78 is 11.6. The standard InChI is InChI=1S/C50H73N3O6/c1-30(2)33-19-24-50(43(55)53-27-11-12-36(53)42-51-29-35(52-42)31-13-15-32(58-10)16-14-31)26-25-48(8)34(41(33)50)17-18-38-47(7)22-21-39(59-40(54)28-45(3,4)44(56)57)46(5,6)37(47)20-23-49(38,48)9/h13-16,29-30,33-34,36-39,41H,11-12,17-28H2,1-10H3,(H,51,52)(H,56,57)/t33-,34+,36?,37-,38+,39-,41+,47-,48+,49+,50-/m0/s1. The Morgan fingerprint density at radius 3 is 2.31 bits per heavy atom. The summed E-state index contributed by atoms with van der Waals surface area (Å²) >= 11 is 0. The van der Waals surface area contributed by atoms with E-state index >= 15 is 4.79 Å². The number of likely N-dealkylation sites (tertiary alicyclic amines) is 1. The van der Waals surface area contributed by atoms with Crippen LogP contribution in [0.25, 0.3) is 11.3 Å². The number of H-pyrrole nitrogens is 1. The highest BCUT2D eigenvalue weighted by Crippen LogP contribution is 2.78. The Bertz CT molecular complexity index is 1940. The minimum Gasteiger partial charge on any atom is -0.497 e. The third kappa shape index (κ3) is 6.41. The number of ether oxygens (including phenoxy) is 2. The second-order valence-electron chi connectivity index (χ2n) is 22.6. The van der Waals surface area contributed by atoms with Crippen molar-refractivity contribution in [2.45, 2.75) is 158 Å². The second-order valence-corrected chi connectivity index (χ2v) is 22.6. The molecular weight excluding hydrogens is 739 g/mol. The molecule has 1 unspecified atom stereocenters. The molecule has 0 radical (unpaired) electrons. The third-order valence-electron chi connectivity index (χ3n) is 19.0. The molecule has 6 aliphatic rings. The minimum atomic E-state index is -1.15. The summed E-state index contributed by atoms with van der Waals surface area (Å²) in [6.45, 7) is 21.3. The van der Waals surface area contributed by atoms with Gasteiger partial charge in [-0.3, -0.25) is 14.4 Å². The lowest BCUT2D eigenvalue weighted by Gasteiger charge is -2.73. The van der Waals surface area contributed by atoms with Crippen LogP contribution in [-0.4, -0.2) is 57.6 Å². The topological polar surface area (TPSA) is 122 Å². The predicted octanol–water partition coefficient (Wildman–Crippen LogP) is 10.9. The van der Waals surface area contributed by atoms with Crippen LogP contribution in [0.2, 0.25) is 0 Å². The lowest BCUT2D eigenvalue weighted by molar-refractivity contribution is -0.251. The number of aromatic nitrogens is 2. The van der Waals surface area contributed by atoms with Gasteiger partial charge in [0.2, 0.25) is 5.91 Å². The summed E-state index contributed by atoms with van der Waals surface area (Å²) in [6.07, 6.45) is 14.2. The van der Waals surface area contributed by atoms with Crippen molar-refractivity contribution < 1.29 is 29.0 Å². The first-order chi connectivity index (χ1) is 27.7. The fraction of sp³-hybridized carbons (Fsp3) is 0.760. The Kier molecular flexibility index (Phi) is 10.5. The number of hydrogen-bond donors (Lipinski definition) is 2. The number of benzene rings is 1. The molecule has 1 aliphatic heterocycles. The number of carbonyl (C=O) groups excluding carboxylic acids is 2. The molecule has 8 rings (SSSR count). The Hall–Kier alpha value is -3.36. The molecule has 11 atom stereocenters. The fourth-order valence-corrected chi connectivity index (χ4v) is 15.6. The normalized spacial score (nSPS) is 38.8. The average Bonchev–Trinajstić information content (AvgIpc) is 3.95. The Morgan fingerprint density at radius 2 is 1.63 bits per heavy atom. The highest BCUT2D eigenvalue weighted by molar-refractivity contribution is 5.85. The second kappa shape index (κ2) is 14.6. The van der Waals surface area contributed by atoms with Crippen molar-refractivity contribution in [1.29, 1.82) is 0 Å². The molecular formula is C50H73N3O6. The number of esters is 1. The zero-order chi connectivity index (χ0) is 42.5. The van der Waals surface area contributed by atoms with Crippen molar-refractivity contribution in [1.82, 2.24) is 14.9 Å². The van der Waals surface area contributed by atoms with Crippen molar-refractivity contribution in [3.05, 3.63) is 36.3 Å². The van der Waals surface area contributed by atoms with Gasteiger partial charge in [0, 0.05) is 12.0 Å². The number of carboxylic acids is 1. The van der Waals surface area contributed by atoms with Crippen LogP contribution in [0.15, 0.2) is 30.5 Å². The number of nitrogens with one attached hydrogen (secondary N) is 1. The number of imidazole rings is 1. The first kappa shape index (κ1) is 42.3. The molecule has 0 spiro atoms. The van der Waals surface area contributed by atoms with Gasteiger partial charge in [0.05, 0.1) is 42.3 Å². The SMILES string of the molecule is COc1ccc(-c2cnc(C3CCCN3C(=O)[C@]34CC[C@@H](C(C)C)[C@@H]3[C@H]3CC[C@@H]5[C@@]6(C)CC[C@H](OC(=O)CC(C)(C)C(=O)O)C(C)(C)[C@@H]6CC[C@@]5(C)[C@]3(C)CC4)[nH]2)cc1. The summed E-state index contributed by atoms with van der Waals surface area (Å²) in [5, 5.41) is 9.67. The van der Waals surface area contributed by atoms with Crippen molar-refractivity contribution in [3.8, 4) is 17.0 Å². The van der Waals surface area contributed by atoms with E-state index in [1.165, 1.54) is 12.8 Å². The molecule has 2 aromatic rings. The zero-order valence-corrected chi connectivity index (χ0v) is 37.8. The summed E-state index contributed by atoms with van der Waals surface area (Å²) in [5.41, 5.74) is 0.728. The number of aromatic amines is 1. The zero-order valence-electron chi connectivity index (χ0n) is 37.8. The molecule has 324 valence electrons. The Morgan fingerprint density at radius 1 is 0.898 bits per heavy atom. The van der Waals surface area contributed by atoms with E-state index in [1.54, 1.807) is 21.0 Å². The van der Waals surface area contributed by atoms with E-state index in [0.717, 1.165) is 93.6 Å². The van der Waals surface area contributed by atoms with Crippen LogP contribution in [0.4, 0.5) is 0 Å². The van der Waals surface area contributed by atoms with E-state index in [9.17, 15) is 14.7 Å². The van der Waals surface area contributed by atoms with Gasteiger partial charge in [-0.25, -0.2) is 4.98 Å². The molecule has 9 heteroatoms. The number of methoxy groups -OCH3 is 1. The number of nitrogens with zero attached hydrogens (tertiary/aromatic N) is 2. The third-order valence-corrected chi connectivity index (χ3v) is 19.0. The van der Waals surface area contributed by atoms with Crippen LogP contribution in [-0.2, 0) is 19.1 Å². The quantitative estimate of drug-likeness (QED) is 0.242. The van der Waals surface area contributed by atoms with Gasteiger partial charge in [-0.15, -0.1) is 0 Å². The molecule has 5 saturated carbocycles. The number of rotatable bonds is 9. The number of fused-ring (bicyclic) bond motifs is 7. The van der Waals surface area contributed by atoms with E-state index in [0.29, 0.717) is 41.4 Å². The van der Waals surface area contributed by atoms with Gasteiger partial charge < -0.3 is 24.5 Å². The molecule has 1 aromatic carbocycles. The van der Waals surface area contributed by atoms with Crippen LogP contribution in [0, 0.1) is 68.0 Å². The molecule has 0 bridgehead atoms. The van der Waals surface area contributed by atoms with Crippen LogP contribution < -0.4 is 4.74 Å². The van der Waals surface area contributed by atoms with Gasteiger partial charge in [-0.1, -0.05) is 48.5 Å². The van der Waals surface area contributed by atoms with Crippen molar-refractivity contribution >= 4 is 17.8 Å². The van der Waals surface area contributed by atoms with Gasteiger partial charge >= 0.3 is 11.9 Å². The maximum absolute atomic E-state index is 15.6. The number of carbonyl (C=O) groups is 3. The first-order valence-corrected chi connectivity index (χ1v) is 23.2. The highest BCUT2D eigenvalue weighted by atomic mass is 16.5. The van der Waals surface area contributed by atoms with Crippen molar-refractivity contribution in [3.63, 3.8) is 0 Å². The molecule has 1 amide bonds. The molecule has 5 aliphatic carbocycles. The molecule has 1 saturated heterocycles. The maximum atomic E-state index is 15.6. The van der Waals surface area contributed by atoms with Crippen molar-refractivity contribution in [2.24, 2.45) is 68.0 Å². The summed E-state index contributed by atoms with van der Waals surface area (Å²) in [7, 11) is 1.68. The van der Waals surface area contributed by atoms with E-state index in [1.807, 2.05) is 18.3 Å². The van der Waals surface area contributed by atoms with Crippen LogP contribution in [0.3, 0.4) is 0 Å². The minimum absolute atomic E-state index is 0.0270. The number of carboxylic acid groups (broad SMARTS) is 1. The number of amides is 1. The molecule has 6 fully saturated rings. The Labute approximate surface area is 353 Å². The Balaban J connectivity index is 1.05. The van der Waals surface area contributed by atoms with Gasteiger partial charge in [0.15, 0.2) is 0 Å². The average molecular weight is 812 g/mol. The predicted molar refractivity (Wildman–Crippen MR) is 229 cm³/mol. The number of hydrogen-bond acceptors (Lipinski definition) is 6. The number of aliphatic carboxylic acids is 1. The highest BCUT2D eigenvalue weighted by Gasteiger charge is 2.72. The van der Waals surface area contributed by atoms with Crippen LogP contribution in [0.1, 0.15) is 158 Å². The summed E-state index contributed by atoms with van der Waals surface area (Å²) in [5.74, 6) is 3.68. The molecule has 9 nitrogen and oxygen atoms in total. The van der Waals surface area contributed by atoms with E-state index in [4.69, 9.17) is 14.5 Å². The van der Waals surface area contributed by atoms with Crippen LogP contribution in [0.5, 0.6) is 5.75 Å². The lowest BCUT2D eigenvalue weighted by Crippen LogP contribution is -2.67. The van der Waals surface area contributed by atoms with Gasteiger partial charge in [-0.05, 0) is 172 Å². The molecule has 1 aromatic heterocycles. The van der Waals surface area contributed by atoms with E-state index in [2.05, 4.69) is 70.5 Å². The van der Waals surface area contributed by atoms with Crippen LogP contribution >= 0.6 is 0 Å². The van der Waals surface area contributed by atoms with Crippen molar-refractivity contribution in [2.75, 3.05) is 13.7 Å². The summed E-state index contributed by atoms with van der Waals surface area (Å²) in [4.78, 5) is 51.4. The van der Waals surface area contributed by atoms with Gasteiger partial charge in [-0.2, -0.15) is 0 Å². The fourth-order valence-electron chi connectivity index (χ4n) is 15.6. The van der Waals surface area contributed by atoms with Gasteiger partial charge in [0.1, 0.15) is 17.7 Å². The largest absolute Gasteiger partial charge is 0.497 e. The van der Waals surface area contributed by atoms with Gasteiger partial charge in [0.25, 0.3) is 0 Å². The lowest BCUT2D eigenvalue weighted by atomic mass is 9.32. The maximum Gasteiger partial charge on any atom is 0.309 e. The van der Waals surface area contributed by atoms with E-state index < -0.39 is 17.4 Å². The molecule has 2 N–H and O–H groups in total. The monoisotopic (exact) mass is 812 g/mol. The summed E-state index contributed by atoms with van der Waals surface area (Å²) in [6, 6.07) is 8.03. The van der Waals surface area contributed by atoms with E-state index in [-0.39, 0.29) is 45.6 Å².